The van der Waals surface area contributed by atoms with E-state index in [0.29, 0.717) is 26.3 Å². The van der Waals surface area contributed by atoms with Crippen LogP contribution >= 0.6 is 0 Å². The zero-order chi connectivity index (χ0) is 14.3. The first-order valence-corrected chi connectivity index (χ1v) is 6.93. The second-order valence-corrected chi connectivity index (χ2v) is 5.33. The van der Waals surface area contributed by atoms with Crippen LogP contribution in [0.1, 0.15) is 26.7 Å². The van der Waals surface area contributed by atoms with Crippen LogP contribution in [-0.4, -0.2) is 55.0 Å². The summed E-state index contributed by atoms with van der Waals surface area (Å²) >= 11 is 0. The Kier molecular flexibility index (Phi) is 6.87. The molecule has 0 spiro atoms. The molecule has 1 heterocycles. The summed E-state index contributed by atoms with van der Waals surface area (Å²) in [5, 5.41) is 12.4. The molecule has 1 aliphatic heterocycles. The molecule has 2 unspecified atom stereocenters. The molecule has 19 heavy (non-hydrogen) atoms. The van der Waals surface area contributed by atoms with Crippen LogP contribution < -0.4 is 5.32 Å². The fraction of sp³-hybridized carbons (Fsp3) is 0.786. The Balaban J connectivity index is 2.20. The molecule has 2 atom stereocenters. The summed E-state index contributed by atoms with van der Waals surface area (Å²) in [6, 6.07) is -0.0655. The SMILES string of the molecule is C=C(C)COCCNC(=O)N1CCCC(C(C)O)C1. The Bertz CT molecular complexity index is 305. The lowest BCUT2D eigenvalue weighted by Crippen LogP contribution is -2.48. The minimum atomic E-state index is -0.352. The van der Waals surface area contributed by atoms with Crippen LogP contribution in [0.3, 0.4) is 0 Å². The van der Waals surface area contributed by atoms with Crippen molar-refractivity contribution in [2.75, 3.05) is 32.8 Å². The largest absolute Gasteiger partial charge is 0.393 e. The maximum atomic E-state index is 11.9. The molecule has 0 radical (unpaired) electrons. The summed E-state index contributed by atoms with van der Waals surface area (Å²) in [5.41, 5.74) is 0.974. The van der Waals surface area contributed by atoms with E-state index in [-0.39, 0.29) is 18.1 Å². The van der Waals surface area contributed by atoms with E-state index in [1.165, 1.54) is 0 Å². The van der Waals surface area contributed by atoms with Gasteiger partial charge in [-0.25, -0.2) is 4.79 Å². The van der Waals surface area contributed by atoms with Crippen LogP contribution in [0.25, 0.3) is 0 Å². The molecule has 2 N–H and O–H groups in total. The predicted molar refractivity (Wildman–Crippen MR) is 75.0 cm³/mol. The second-order valence-electron chi connectivity index (χ2n) is 5.33. The third-order valence-electron chi connectivity index (χ3n) is 3.30. The maximum absolute atomic E-state index is 11.9. The van der Waals surface area contributed by atoms with Crippen LogP contribution in [0.2, 0.25) is 0 Å². The van der Waals surface area contributed by atoms with E-state index >= 15 is 0 Å². The Hall–Kier alpha value is -1.07. The van der Waals surface area contributed by atoms with Crippen LogP contribution in [0.5, 0.6) is 0 Å². The van der Waals surface area contributed by atoms with Crippen molar-refractivity contribution in [2.45, 2.75) is 32.8 Å². The minimum absolute atomic E-state index is 0.0655. The van der Waals surface area contributed by atoms with E-state index < -0.39 is 0 Å². The van der Waals surface area contributed by atoms with Crippen molar-refractivity contribution in [3.8, 4) is 0 Å². The molecular formula is C14H26N2O3. The first-order chi connectivity index (χ1) is 9.00. The number of aliphatic hydroxyl groups is 1. The molecular weight excluding hydrogens is 244 g/mol. The zero-order valence-corrected chi connectivity index (χ0v) is 12.0. The van der Waals surface area contributed by atoms with E-state index in [9.17, 15) is 9.90 Å². The first-order valence-electron chi connectivity index (χ1n) is 6.93. The summed E-state index contributed by atoms with van der Waals surface area (Å²) in [6.45, 7) is 10.4. The van der Waals surface area contributed by atoms with Crippen molar-refractivity contribution in [1.82, 2.24) is 10.2 Å². The summed E-state index contributed by atoms with van der Waals surface area (Å²) < 4.78 is 5.32. The van der Waals surface area contributed by atoms with E-state index in [0.717, 1.165) is 25.0 Å². The summed E-state index contributed by atoms with van der Waals surface area (Å²) in [4.78, 5) is 13.7. The Morgan fingerprint density at radius 1 is 1.63 bits per heavy atom. The van der Waals surface area contributed by atoms with E-state index in [2.05, 4.69) is 11.9 Å². The number of carbonyl (C=O) groups excluding carboxylic acids is 1. The number of piperidine rings is 1. The number of carbonyl (C=O) groups is 1. The highest BCUT2D eigenvalue weighted by Crippen LogP contribution is 2.19. The molecule has 5 nitrogen and oxygen atoms in total. The Morgan fingerprint density at radius 3 is 3.00 bits per heavy atom. The zero-order valence-electron chi connectivity index (χ0n) is 12.0. The standard InChI is InChI=1S/C14H26N2O3/c1-11(2)10-19-8-6-15-14(18)16-7-4-5-13(9-16)12(3)17/h12-13,17H,1,4-10H2,2-3H3,(H,15,18). The van der Waals surface area contributed by atoms with Crippen LogP contribution in [0.15, 0.2) is 12.2 Å². The number of hydrogen-bond acceptors (Lipinski definition) is 3. The van der Waals surface area contributed by atoms with Gasteiger partial charge in [-0.05, 0) is 26.7 Å². The quantitative estimate of drug-likeness (QED) is 0.566. The van der Waals surface area contributed by atoms with Gasteiger partial charge in [0.15, 0.2) is 0 Å². The third kappa shape index (κ3) is 6.07. The van der Waals surface area contributed by atoms with Gasteiger partial charge in [-0.2, -0.15) is 0 Å². The number of nitrogens with zero attached hydrogens (tertiary/aromatic N) is 1. The molecule has 2 amide bonds. The van der Waals surface area contributed by atoms with Gasteiger partial charge in [0, 0.05) is 25.6 Å². The highest BCUT2D eigenvalue weighted by atomic mass is 16.5. The van der Waals surface area contributed by atoms with E-state index in [4.69, 9.17) is 4.74 Å². The lowest BCUT2D eigenvalue weighted by Gasteiger charge is -2.34. The average molecular weight is 270 g/mol. The Labute approximate surface area is 115 Å². The highest BCUT2D eigenvalue weighted by molar-refractivity contribution is 5.74. The number of likely N-dealkylation sites (tertiary alicyclic amines) is 1. The van der Waals surface area contributed by atoms with Crippen molar-refractivity contribution >= 4 is 6.03 Å². The normalized spacial score (nSPS) is 21.0. The van der Waals surface area contributed by atoms with Crippen molar-refractivity contribution < 1.29 is 14.6 Å². The Morgan fingerprint density at radius 2 is 2.37 bits per heavy atom. The molecule has 0 bridgehead atoms. The number of rotatable bonds is 6. The number of urea groups is 1. The molecule has 0 aromatic heterocycles. The second kappa shape index (κ2) is 8.17. The van der Waals surface area contributed by atoms with Gasteiger partial charge < -0.3 is 20.1 Å². The topological polar surface area (TPSA) is 61.8 Å². The summed E-state index contributed by atoms with van der Waals surface area (Å²) in [5.74, 6) is 0.194. The molecule has 0 saturated carbocycles. The fourth-order valence-electron chi connectivity index (χ4n) is 2.18. The lowest BCUT2D eigenvalue weighted by molar-refractivity contribution is 0.0731. The molecule has 0 aromatic carbocycles. The van der Waals surface area contributed by atoms with Gasteiger partial charge in [0.1, 0.15) is 0 Å². The summed E-state index contributed by atoms with van der Waals surface area (Å²) in [7, 11) is 0. The molecule has 1 saturated heterocycles. The van der Waals surface area contributed by atoms with Crippen molar-refractivity contribution in [3.05, 3.63) is 12.2 Å². The number of nitrogens with one attached hydrogen (secondary N) is 1. The van der Waals surface area contributed by atoms with Gasteiger partial charge in [-0.3, -0.25) is 0 Å². The monoisotopic (exact) mass is 270 g/mol. The number of ether oxygens (including phenoxy) is 1. The average Bonchev–Trinajstić information content (AvgIpc) is 2.37. The molecule has 1 aliphatic rings. The van der Waals surface area contributed by atoms with Gasteiger partial charge >= 0.3 is 6.03 Å². The third-order valence-corrected chi connectivity index (χ3v) is 3.30. The number of amides is 2. The van der Waals surface area contributed by atoms with Crippen molar-refractivity contribution in [2.24, 2.45) is 5.92 Å². The lowest BCUT2D eigenvalue weighted by atomic mass is 9.94. The number of aliphatic hydroxyl groups excluding tert-OH is 1. The van der Waals surface area contributed by atoms with Crippen molar-refractivity contribution in [3.63, 3.8) is 0 Å². The van der Waals surface area contributed by atoms with Gasteiger partial charge in [-0.1, -0.05) is 12.2 Å². The molecule has 1 rings (SSSR count). The van der Waals surface area contributed by atoms with Crippen LogP contribution in [0, 0.1) is 5.92 Å². The molecule has 1 fully saturated rings. The van der Waals surface area contributed by atoms with Crippen molar-refractivity contribution in [1.29, 1.82) is 0 Å². The number of hydrogen-bond donors (Lipinski definition) is 2. The van der Waals surface area contributed by atoms with E-state index in [1.54, 1.807) is 11.8 Å². The predicted octanol–water partition coefficient (Wildman–Crippen LogP) is 1.38. The minimum Gasteiger partial charge on any atom is -0.393 e. The molecule has 5 heteroatoms. The van der Waals surface area contributed by atoms with Crippen LogP contribution in [-0.2, 0) is 4.74 Å². The van der Waals surface area contributed by atoms with E-state index in [1.807, 2.05) is 6.92 Å². The maximum Gasteiger partial charge on any atom is 0.317 e. The highest BCUT2D eigenvalue weighted by Gasteiger charge is 2.26. The smallest absolute Gasteiger partial charge is 0.317 e. The van der Waals surface area contributed by atoms with Gasteiger partial charge in [-0.15, -0.1) is 0 Å². The molecule has 0 aromatic rings. The van der Waals surface area contributed by atoms with Crippen LogP contribution in [0.4, 0.5) is 4.79 Å². The fourth-order valence-corrected chi connectivity index (χ4v) is 2.18. The molecule has 110 valence electrons. The van der Waals surface area contributed by atoms with Gasteiger partial charge in [0.2, 0.25) is 0 Å². The van der Waals surface area contributed by atoms with Gasteiger partial charge in [0.25, 0.3) is 0 Å². The van der Waals surface area contributed by atoms with Gasteiger partial charge in [0.05, 0.1) is 19.3 Å². The summed E-state index contributed by atoms with van der Waals surface area (Å²) in [6.07, 6.45) is 1.59. The first kappa shape index (κ1) is 16.0. The molecule has 0 aliphatic carbocycles.